The van der Waals surface area contributed by atoms with Gasteiger partial charge in [0.25, 0.3) is 5.91 Å². The molecule has 0 spiro atoms. The number of nitrogens with one attached hydrogen (secondary N) is 1. The molecule has 0 aliphatic carbocycles. The summed E-state index contributed by atoms with van der Waals surface area (Å²) < 4.78 is 19.6. The maximum atomic E-state index is 14.3. The Morgan fingerprint density at radius 1 is 1.26 bits per heavy atom. The van der Waals surface area contributed by atoms with E-state index in [0.29, 0.717) is 0 Å². The Labute approximate surface area is 135 Å². The van der Waals surface area contributed by atoms with Crippen molar-refractivity contribution in [3.63, 3.8) is 0 Å². The summed E-state index contributed by atoms with van der Waals surface area (Å²) in [6, 6.07) is 6.66. The Bertz CT molecular complexity index is 703. The van der Waals surface area contributed by atoms with Gasteiger partial charge in [-0.1, -0.05) is 19.9 Å². The van der Waals surface area contributed by atoms with E-state index in [1.807, 2.05) is 19.9 Å². The van der Waals surface area contributed by atoms with E-state index >= 15 is 0 Å². The number of rotatable bonds is 4. The predicted octanol–water partition coefficient (Wildman–Crippen LogP) is 4.39. The highest BCUT2D eigenvalue weighted by Crippen LogP contribution is 2.32. The van der Waals surface area contributed by atoms with Gasteiger partial charge < -0.3 is 14.6 Å². The molecule has 1 saturated heterocycles. The third-order valence-electron chi connectivity index (χ3n) is 4.20. The first-order valence-corrected chi connectivity index (χ1v) is 8.00. The van der Waals surface area contributed by atoms with E-state index in [-0.39, 0.29) is 17.4 Å². The lowest BCUT2D eigenvalue weighted by Gasteiger charge is -2.22. The van der Waals surface area contributed by atoms with Crippen molar-refractivity contribution < 1.29 is 13.6 Å². The summed E-state index contributed by atoms with van der Waals surface area (Å²) in [5, 5.41) is 2.70. The van der Waals surface area contributed by atoms with E-state index in [1.54, 1.807) is 12.1 Å². The fourth-order valence-corrected chi connectivity index (χ4v) is 2.99. The molecule has 1 N–H and O–H groups in total. The predicted molar refractivity (Wildman–Crippen MR) is 88.6 cm³/mol. The maximum absolute atomic E-state index is 14.3. The average Bonchev–Trinajstić information content (AvgIpc) is 3.20. The van der Waals surface area contributed by atoms with E-state index in [1.165, 1.54) is 12.3 Å². The van der Waals surface area contributed by atoms with Crippen molar-refractivity contribution in [3.8, 4) is 0 Å². The van der Waals surface area contributed by atoms with Gasteiger partial charge in [0, 0.05) is 18.7 Å². The second kappa shape index (κ2) is 6.44. The molecule has 122 valence electrons. The zero-order chi connectivity index (χ0) is 16.4. The van der Waals surface area contributed by atoms with Crippen LogP contribution in [-0.2, 0) is 0 Å². The number of carbonyl (C=O) groups is 1. The molecule has 1 aliphatic rings. The Hall–Kier alpha value is -2.30. The van der Waals surface area contributed by atoms with Crippen LogP contribution in [0, 0.1) is 5.82 Å². The number of nitrogens with zero attached hydrogens (tertiary/aromatic N) is 1. The van der Waals surface area contributed by atoms with Crippen LogP contribution in [0.2, 0.25) is 0 Å². The average molecular weight is 316 g/mol. The molecule has 5 heteroatoms. The normalized spacial score (nSPS) is 14.5. The van der Waals surface area contributed by atoms with Crippen LogP contribution < -0.4 is 10.2 Å². The van der Waals surface area contributed by atoms with Crippen LogP contribution in [0.3, 0.4) is 0 Å². The fraction of sp³-hybridized carbons (Fsp3) is 0.389. The first-order valence-electron chi connectivity index (χ1n) is 8.00. The topological polar surface area (TPSA) is 45.5 Å². The zero-order valence-corrected chi connectivity index (χ0v) is 13.4. The minimum atomic E-state index is -0.430. The van der Waals surface area contributed by atoms with E-state index < -0.39 is 11.7 Å². The molecular weight excluding hydrogens is 295 g/mol. The van der Waals surface area contributed by atoms with Crippen molar-refractivity contribution in [2.45, 2.75) is 32.6 Å². The molecule has 3 rings (SSSR count). The summed E-state index contributed by atoms with van der Waals surface area (Å²) in [4.78, 5) is 14.6. The van der Waals surface area contributed by atoms with Gasteiger partial charge in [-0.25, -0.2) is 4.39 Å². The van der Waals surface area contributed by atoms with Crippen LogP contribution in [0.15, 0.2) is 34.9 Å². The van der Waals surface area contributed by atoms with Crippen molar-refractivity contribution in [2.75, 3.05) is 23.3 Å². The smallest absolute Gasteiger partial charge is 0.291 e. The van der Waals surface area contributed by atoms with Gasteiger partial charge in [0.1, 0.15) is 11.5 Å². The SMILES string of the molecule is CC(C)c1ccoc1C(=O)Nc1c(F)cccc1N1CCCC1. The van der Waals surface area contributed by atoms with Gasteiger partial charge in [0.05, 0.1) is 12.0 Å². The Balaban J connectivity index is 1.90. The Morgan fingerprint density at radius 3 is 2.70 bits per heavy atom. The molecule has 1 aromatic heterocycles. The highest BCUT2D eigenvalue weighted by Gasteiger charge is 2.23. The van der Waals surface area contributed by atoms with Crippen molar-refractivity contribution in [3.05, 3.63) is 47.7 Å². The second-order valence-corrected chi connectivity index (χ2v) is 6.14. The van der Waals surface area contributed by atoms with E-state index in [2.05, 4.69) is 10.2 Å². The summed E-state index contributed by atoms with van der Waals surface area (Å²) in [6.07, 6.45) is 3.66. The van der Waals surface area contributed by atoms with Gasteiger partial charge in [-0.15, -0.1) is 0 Å². The third-order valence-corrected chi connectivity index (χ3v) is 4.20. The van der Waals surface area contributed by atoms with Gasteiger partial charge in [0.2, 0.25) is 0 Å². The standard InChI is InChI=1S/C18H21FN2O2/c1-12(2)13-8-11-23-17(13)18(22)20-16-14(19)6-5-7-15(16)21-9-3-4-10-21/h5-8,11-12H,3-4,9-10H2,1-2H3,(H,20,22). The first-order chi connectivity index (χ1) is 11.1. The quantitative estimate of drug-likeness (QED) is 0.909. The number of benzene rings is 1. The number of hydrogen-bond acceptors (Lipinski definition) is 3. The fourth-order valence-electron chi connectivity index (χ4n) is 2.99. The maximum Gasteiger partial charge on any atom is 0.291 e. The van der Waals surface area contributed by atoms with Crippen molar-refractivity contribution in [1.29, 1.82) is 0 Å². The zero-order valence-electron chi connectivity index (χ0n) is 13.4. The molecule has 2 aromatic rings. The lowest BCUT2D eigenvalue weighted by atomic mass is 10.0. The number of furan rings is 1. The molecule has 4 nitrogen and oxygen atoms in total. The summed E-state index contributed by atoms with van der Waals surface area (Å²) in [6.45, 7) is 5.73. The third kappa shape index (κ3) is 3.09. The summed E-state index contributed by atoms with van der Waals surface area (Å²) >= 11 is 0. The van der Waals surface area contributed by atoms with E-state index in [9.17, 15) is 9.18 Å². The number of carbonyl (C=O) groups excluding carboxylic acids is 1. The molecule has 1 aromatic carbocycles. The van der Waals surface area contributed by atoms with Gasteiger partial charge in [-0.05, 0) is 37.0 Å². The molecule has 1 fully saturated rings. The van der Waals surface area contributed by atoms with Gasteiger partial charge in [0.15, 0.2) is 5.76 Å². The largest absolute Gasteiger partial charge is 0.459 e. The van der Waals surface area contributed by atoms with Crippen LogP contribution >= 0.6 is 0 Å². The molecular formula is C18H21FN2O2. The molecule has 23 heavy (non-hydrogen) atoms. The second-order valence-electron chi connectivity index (χ2n) is 6.14. The van der Waals surface area contributed by atoms with Crippen molar-refractivity contribution >= 4 is 17.3 Å². The Kier molecular flexibility index (Phi) is 4.37. The van der Waals surface area contributed by atoms with E-state index in [0.717, 1.165) is 37.2 Å². The number of halogens is 1. The van der Waals surface area contributed by atoms with Crippen LogP contribution in [0.5, 0.6) is 0 Å². The van der Waals surface area contributed by atoms with Gasteiger partial charge in [-0.2, -0.15) is 0 Å². The van der Waals surface area contributed by atoms with Crippen LogP contribution in [0.1, 0.15) is 48.7 Å². The lowest BCUT2D eigenvalue weighted by molar-refractivity contribution is 0.0994. The van der Waals surface area contributed by atoms with Crippen LogP contribution in [-0.4, -0.2) is 19.0 Å². The number of para-hydroxylation sites is 1. The van der Waals surface area contributed by atoms with Crippen molar-refractivity contribution in [2.24, 2.45) is 0 Å². The summed E-state index contributed by atoms with van der Waals surface area (Å²) in [5.74, 6) is -0.437. The molecule has 1 aliphatic heterocycles. The van der Waals surface area contributed by atoms with Gasteiger partial charge >= 0.3 is 0 Å². The highest BCUT2D eigenvalue weighted by atomic mass is 19.1. The number of anilines is 2. The summed E-state index contributed by atoms with van der Waals surface area (Å²) in [5.41, 5.74) is 1.78. The van der Waals surface area contributed by atoms with Gasteiger partial charge in [-0.3, -0.25) is 4.79 Å². The molecule has 1 amide bonds. The van der Waals surface area contributed by atoms with Crippen LogP contribution in [0.25, 0.3) is 0 Å². The number of hydrogen-bond donors (Lipinski definition) is 1. The molecule has 0 unspecified atom stereocenters. The van der Waals surface area contributed by atoms with E-state index in [4.69, 9.17) is 4.42 Å². The molecule has 0 bridgehead atoms. The minimum Gasteiger partial charge on any atom is -0.459 e. The molecule has 0 saturated carbocycles. The molecule has 0 atom stereocenters. The first kappa shape index (κ1) is 15.6. The monoisotopic (exact) mass is 316 g/mol. The van der Waals surface area contributed by atoms with Crippen molar-refractivity contribution in [1.82, 2.24) is 0 Å². The minimum absolute atomic E-state index is 0.160. The number of amides is 1. The van der Waals surface area contributed by atoms with Crippen LogP contribution in [0.4, 0.5) is 15.8 Å². The Morgan fingerprint density at radius 2 is 2.00 bits per heavy atom. The lowest BCUT2D eigenvalue weighted by Crippen LogP contribution is -2.22. The highest BCUT2D eigenvalue weighted by molar-refractivity contribution is 6.05. The summed E-state index contributed by atoms with van der Waals surface area (Å²) in [7, 11) is 0. The molecule has 2 heterocycles. The molecule has 0 radical (unpaired) electrons.